The molecule has 0 fully saturated rings. The van der Waals surface area contributed by atoms with E-state index in [1.54, 1.807) is 0 Å². The molecule has 0 aliphatic carbocycles. The fourth-order valence-electron chi connectivity index (χ4n) is 9.40. The summed E-state index contributed by atoms with van der Waals surface area (Å²) in [6, 6.07) is 0. The Hall–Kier alpha value is -1.94. The van der Waals surface area contributed by atoms with Crippen LogP contribution in [0.15, 0.2) is 0 Å². The summed E-state index contributed by atoms with van der Waals surface area (Å²) >= 11 is 0. The van der Waals surface area contributed by atoms with Gasteiger partial charge in [-0.05, 0) is 49.4 Å². The van der Waals surface area contributed by atoms with Gasteiger partial charge in [0.15, 0.2) is 12.2 Å². The Morgan fingerprint density at radius 2 is 0.578 bits per heavy atom. The fraction of sp³-hybridized carbons (Fsp3) is 0.938. The standard InChI is InChI=1S/C64H124O17P2/c1-9-57(8)43-35-27-17-14-15-19-31-39-47-64(69)81-60(51-75-62(67)45-37-29-23-21-26-34-42-56(6)7)53-79-83(72,73)77-49-58(65)48-76-82(70,71)78-52-59(50-74-61(66)44-36-28-22-20-25-33-41-55(4)5)80-63(68)46-38-30-18-13-11-10-12-16-24-32-40-54(2)3/h54-60,65H,9-53H2,1-8H3,(H,70,71)(H,72,73)/t57?,58-,59+,60+/m0/s1. The van der Waals surface area contributed by atoms with Gasteiger partial charge in [-0.25, -0.2) is 9.13 Å². The van der Waals surface area contributed by atoms with Crippen molar-refractivity contribution in [2.75, 3.05) is 39.6 Å². The van der Waals surface area contributed by atoms with Crippen molar-refractivity contribution in [1.82, 2.24) is 0 Å². The van der Waals surface area contributed by atoms with Gasteiger partial charge in [-0.2, -0.15) is 0 Å². The van der Waals surface area contributed by atoms with Crippen LogP contribution in [-0.4, -0.2) is 96.7 Å². The van der Waals surface area contributed by atoms with Gasteiger partial charge in [0, 0.05) is 25.7 Å². The minimum Gasteiger partial charge on any atom is -0.462 e. The van der Waals surface area contributed by atoms with E-state index in [-0.39, 0.29) is 25.7 Å². The fourth-order valence-corrected chi connectivity index (χ4v) is 11.0. The van der Waals surface area contributed by atoms with Crippen molar-refractivity contribution in [3.8, 4) is 0 Å². The topological polar surface area (TPSA) is 237 Å². The Balaban J connectivity index is 5.25. The molecule has 0 heterocycles. The lowest BCUT2D eigenvalue weighted by Gasteiger charge is -2.21. The van der Waals surface area contributed by atoms with Gasteiger partial charge in [-0.1, -0.05) is 254 Å². The van der Waals surface area contributed by atoms with Crippen molar-refractivity contribution in [3.63, 3.8) is 0 Å². The van der Waals surface area contributed by atoms with Gasteiger partial charge in [0.25, 0.3) is 0 Å². The molecular formula is C64H124O17P2. The Bertz CT molecular complexity index is 1660. The first-order valence-corrected chi connectivity index (χ1v) is 36.2. The molecule has 3 unspecified atom stereocenters. The second-order valence-electron chi connectivity index (χ2n) is 24.8. The molecule has 492 valence electrons. The molecule has 0 radical (unpaired) electrons. The maximum absolute atomic E-state index is 13.0. The first-order chi connectivity index (χ1) is 39.6. The molecule has 0 aromatic rings. The summed E-state index contributed by atoms with van der Waals surface area (Å²) in [5, 5.41) is 10.5. The third-order valence-corrected chi connectivity index (χ3v) is 16.8. The SMILES string of the molecule is CCC(C)CCCCCCCCCCC(=O)O[C@H](COC(=O)CCCCCCCCC(C)C)COP(=O)(O)OC[C@@H](O)COP(=O)(O)OC[C@@H](COC(=O)CCCCCCCCC(C)C)OC(=O)CCCCCCCCCCCCC(C)C. The average Bonchev–Trinajstić information content (AvgIpc) is 3.44. The summed E-state index contributed by atoms with van der Waals surface area (Å²) in [4.78, 5) is 72.2. The van der Waals surface area contributed by atoms with Crippen LogP contribution in [0.1, 0.15) is 306 Å². The Morgan fingerprint density at radius 3 is 0.855 bits per heavy atom. The van der Waals surface area contributed by atoms with Crippen molar-refractivity contribution >= 4 is 39.5 Å². The first kappa shape index (κ1) is 81.1. The number of phosphoric acid groups is 2. The lowest BCUT2D eigenvalue weighted by molar-refractivity contribution is -0.161. The van der Waals surface area contributed by atoms with Crippen LogP contribution in [0.5, 0.6) is 0 Å². The van der Waals surface area contributed by atoms with Crippen LogP contribution in [0.2, 0.25) is 0 Å². The lowest BCUT2D eigenvalue weighted by atomic mass is 9.99. The van der Waals surface area contributed by atoms with Crippen LogP contribution in [0, 0.1) is 23.7 Å². The van der Waals surface area contributed by atoms with Gasteiger partial charge in [-0.3, -0.25) is 37.3 Å². The molecule has 19 heteroatoms. The largest absolute Gasteiger partial charge is 0.472 e. The molecule has 0 spiro atoms. The molecule has 0 saturated heterocycles. The van der Waals surface area contributed by atoms with E-state index in [0.29, 0.717) is 37.5 Å². The van der Waals surface area contributed by atoms with E-state index in [2.05, 4.69) is 55.4 Å². The number of aliphatic hydroxyl groups is 1. The Labute approximate surface area is 505 Å². The molecule has 17 nitrogen and oxygen atoms in total. The number of carbonyl (C=O) groups is 4. The quantitative estimate of drug-likeness (QED) is 0.0222. The number of unbranched alkanes of at least 4 members (excludes halogenated alkanes) is 26. The zero-order chi connectivity index (χ0) is 61.8. The maximum atomic E-state index is 13.0. The van der Waals surface area contributed by atoms with Gasteiger partial charge in [0.2, 0.25) is 0 Å². The van der Waals surface area contributed by atoms with E-state index in [1.165, 1.54) is 96.3 Å². The van der Waals surface area contributed by atoms with Crippen molar-refractivity contribution in [1.29, 1.82) is 0 Å². The Morgan fingerprint density at radius 1 is 0.337 bits per heavy atom. The molecule has 0 aliphatic rings. The summed E-state index contributed by atoms with van der Waals surface area (Å²) in [5.74, 6) is 0.738. The van der Waals surface area contributed by atoms with E-state index in [9.17, 15) is 43.2 Å². The van der Waals surface area contributed by atoms with Crippen molar-refractivity contribution < 1.29 is 80.2 Å². The Kier molecular flexibility index (Phi) is 53.0. The third-order valence-electron chi connectivity index (χ3n) is 14.9. The van der Waals surface area contributed by atoms with E-state index in [0.717, 1.165) is 115 Å². The van der Waals surface area contributed by atoms with Gasteiger partial charge in [0.05, 0.1) is 26.4 Å². The second kappa shape index (κ2) is 54.2. The number of aliphatic hydroxyl groups excluding tert-OH is 1. The zero-order valence-electron chi connectivity index (χ0n) is 53.8. The molecule has 0 aliphatic heterocycles. The minimum atomic E-state index is -4.94. The smallest absolute Gasteiger partial charge is 0.462 e. The van der Waals surface area contributed by atoms with Crippen LogP contribution >= 0.6 is 15.6 Å². The number of carbonyl (C=O) groups excluding carboxylic acids is 4. The van der Waals surface area contributed by atoms with Crippen LogP contribution in [0.4, 0.5) is 0 Å². The summed E-state index contributed by atoms with van der Waals surface area (Å²) in [7, 11) is -9.89. The van der Waals surface area contributed by atoms with Gasteiger partial charge >= 0.3 is 39.5 Å². The molecule has 0 aromatic carbocycles. The van der Waals surface area contributed by atoms with Crippen molar-refractivity contribution in [2.45, 2.75) is 324 Å². The highest BCUT2D eigenvalue weighted by molar-refractivity contribution is 7.47. The summed E-state index contributed by atoms with van der Waals surface area (Å²) in [6.07, 6.45) is 33.7. The molecule has 0 bridgehead atoms. The number of hydrogen-bond acceptors (Lipinski definition) is 15. The molecule has 0 rings (SSSR count). The number of hydrogen-bond donors (Lipinski definition) is 3. The van der Waals surface area contributed by atoms with Gasteiger partial charge in [0.1, 0.15) is 19.3 Å². The van der Waals surface area contributed by atoms with E-state index in [1.807, 2.05) is 0 Å². The molecule has 0 amide bonds. The minimum absolute atomic E-state index is 0.103. The predicted molar refractivity (Wildman–Crippen MR) is 331 cm³/mol. The number of esters is 4. The first-order valence-electron chi connectivity index (χ1n) is 33.2. The molecular weight excluding hydrogens is 1100 g/mol. The van der Waals surface area contributed by atoms with Crippen molar-refractivity contribution in [2.24, 2.45) is 23.7 Å². The summed E-state index contributed by atoms with van der Waals surface area (Å²) in [6.45, 7) is 13.9. The van der Waals surface area contributed by atoms with Gasteiger partial charge < -0.3 is 33.8 Å². The molecule has 0 saturated carbocycles. The monoisotopic (exact) mass is 1230 g/mol. The third kappa shape index (κ3) is 57.6. The number of ether oxygens (including phenoxy) is 4. The highest BCUT2D eigenvalue weighted by Gasteiger charge is 2.30. The number of rotatable bonds is 61. The maximum Gasteiger partial charge on any atom is 0.472 e. The second-order valence-corrected chi connectivity index (χ2v) is 27.7. The average molecular weight is 1230 g/mol. The summed E-state index contributed by atoms with van der Waals surface area (Å²) < 4.78 is 68.0. The van der Waals surface area contributed by atoms with Crippen LogP contribution in [-0.2, 0) is 65.4 Å². The zero-order valence-corrected chi connectivity index (χ0v) is 55.6. The highest BCUT2D eigenvalue weighted by Crippen LogP contribution is 2.45. The summed E-state index contributed by atoms with van der Waals surface area (Å²) in [5.41, 5.74) is 0. The van der Waals surface area contributed by atoms with Crippen LogP contribution in [0.3, 0.4) is 0 Å². The van der Waals surface area contributed by atoms with Crippen LogP contribution in [0.25, 0.3) is 0 Å². The highest BCUT2D eigenvalue weighted by atomic mass is 31.2. The van der Waals surface area contributed by atoms with E-state index < -0.39 is 97.5 Å². The normalized spacial score (nSPS) is 14.8. The lowest BCUT2D eigenvalue weighted by Crippen LogP contribution is -2.30. The molecule has 0 aromatic heterocycles. The number of phosphoric ester groups is 2. The van der Waals surface area contributed by atoms with E-state index in [4.69, 9.17) is 37.0 Å². The van der Waals surface area contributed by atoms with E-state index >= 15 is 0 Å². The molecule has 3 N–H and O–H groups in total. The van der Waals surface area contributed by atoms with Gasteiger partial charge in [-0.15, -0.1) is 0 Å². The molecule has 83 heavy (non-hydrogen) atoms. The predicted octanol–water partition coefficient (Wildman–Crippen LogP) is 17.4. The molecule has 6 atom stereocenters. The van der Waals surface area contributed by atoms with Crippen LogP contribution < -0.4 is 0 Å². The van der Waals surface area contributed by atoms with Crippen molar-refractivity contribution in [3.05, 3.63) is 0 Å².